The lowest BCUT2D eigenvalue weighted by molar-refractivity contribution is 0.106. The van der Waals surface area contributed by atoms with Crippen LogP contribution in [0.4, 0.5) is 0 Å². The van der Waals surface area contributed by atoms with Crippen LogP contribution in [0.1, 0.15) is 45.4 Å². The molecule has 1 aliphatic carbocycles. The third kappa shape index (κ3) is 8.25. The Labute approximate surface area is 93.6 Å². The van der Waals surface area contributed by atoms with Gasteiger partial charge in [0.2, 0.25) is 0 Å². The molecule has 2 heteroatoms. The smallest absolute Gasteiger partial charge is 0.0829 e. The fraction of sp³-hybridized carbons (Fsp3) is 0.692. The van der Waals surface area contributed by atoms with E-state index < -0.39 is 0 Å². The Morgan fingerprint density at radius 3 is 2.07 bits per heavy atom. The minimum atomic E-state index is 0.0214. The molecule has 88 valence electrons. The molecular formula is C13H24O2. The van der Waals surface area contributed by atoms with Gasteiger partial charge in [0, 0.05) is 0 Å². The van der Waals surface area contributed by atoms with Gasteiger partial charge in [0.1, 0.15) is 0 Å². The molecule has 0 heterocycles. The molecule has 0 spiro atoms. The zero-order valence-corrected chi connectivity index (χ0v) is 9.82. The number of rotatable bonds is 4. The van der Waals surface area contributed by atoms with Crippen molar-refractivity contribution in [2.45, 2.75) is 51.6 Å². The lowest BCUT2D eigenvalue weighted by Crippen LogP contribution is -2.17. The van der Waals surface area contributed by atoms with Gasteiger partial charge in [0.05, 0.1) is 18.6 Å². The van der Waals surface area contributed by atoms with Crippen LogP contribution in [0.3, 0.4) is 0 Å². The summed E-state index contributed by atoms with van der Waals surface area (Å²) in [5.41, 5.74) is 0. The van der Waals surface area contributed by atoms with Crippen LogP contribution in [0, 0.1) is 5.92 Å². The summed E-state index contributed by atoms with van der Waals surface area (Å²) in [4.78, 5) is 0. The third-order valence-corrected chi connectivity index (χ3v) is 2.71. The molecule has 0 amide bonds. The van der Waals surface area contributed by atoms with Crippen LogP contribution in [0.5, 0.6) is 0 Å². The summed E-state index contributed by atoms with van der Waals surface area (Å²) in [5, 5.41) is 9.20. The molecule has 0 atom stereocenters. The van der Waals surface area contributed by atoms with Gasteiger partial charge in [-0.1, -0.05) is 32.9 Å². The molecule has 0 radical (unpaired) electrons. The minimum absolute atomic E-state index is 0.0214. The van der Waals surface area contributed by atoms with Gasteiger partial charge in [-0.3, -0.25) is 0 Å². The van der Waals surface area contributed by atoms with Crippen molar-refractivity contribution in [3.05, 3.63) is 25.7 Å². The first-order valence-corrected chi connectivity index (χ1v) is 5.79. The molecule has 2 nitrogen and oxygen atoms in total. The van der Waals surface area contributed by atoms with Crippen molar-refractivity contribution in [2.75, 3.05) is 0 Å². The number of hydrogen-bond donors (Lipinski definition) is 1. The topological polar surface area (TPSA) is 29.5 Å². The van der Waals surface area contributed by atoms with E-state index in [-0.39, 0.29) is 6.10 Å². The van der Waals surface area contributed by atoms with Gasteiger partial charge in [-0.15, -0.1) is 0 Å². The lowest BCUT2D eigenvalue weighted by Gasteiger charge is -2.24. The first kappa shape index (κ1) is 14.2. The maximum atomic E-state index is 9.20. The number of ether oxygens (including phenoxy) is 1. The van der Waals surface area contributed by atoms with Crippen molar-refractivity contribution in [2.24, 2.45) is 5.92 Å². The van der Waals surface area contributed by atoms with Crippen molar-refractivity contribution in [3.8, 4) is 0 Å². The molecule has 15 heavy (non-hydrogen) atoms. The molecule has 0 aromatic rings. The van der Waals surface area contributed by atoms with E-state index in [2.05, 4.69) is 24.8 Å². The summed E-state index contributed by atoms with van der Waals surface area (Å²) in [6.07, 6.45) is 9.93. The molecule has 0 aromatic heterocycles. The maximum absolute atomic E-state index is 9.20. The third-order valence-electron chi connectivity index (χ3n) is 2.71. The summed E-state index contributed by atoms with van der Waals surface area (Å²) in [6.45, 7) is 8.75. The van der Waals surface area contributed by atoms with Gasteiger partial charge in [0.15, 0.2) is 0 Å². The quantitative estimate of drug-likeness (QED) is 0.721. The van der Waals surface area contributed by atoms with Gasteiger partial charge in [0.25, 0.3) is 0 Å². The second-order valence-corrected chi connectivity index (χ2v) is 3.93. The minimum Gasteiger partial charge on any atom is -0.474 e. The Morgan fingerprint density at radius 1 is 1.20 bits per heavy atom. The second kappa shape index (κ2) is 9.78. The average molecular weight is 212 g/mol. The van der Waals surface area contributed by atoms with Gasteiger partial charge >= 0.3 is 0 Å². The van der Waals surface area contributed by atoms with Crippen molar-refractivity contribution in [1.29, 1.82) is 0 Å². The molecule has 0 unspecified atom stereocenters. The standard InChI is InChI=1S/C9H18O.C4H6O/c1-2-3-8-4-6-9(10)7-5-8;1-3-5-4-2/h8-10H,2-7H2,1H3;3-4H,1-2H2. The van der Waals surface area contributed by atoms with E-state index in [1.165, 1.54) is 38.2 Å². The van der Waals surface area contributed by atoms with Crippen molar-refractivity contribution in [3.63, 3.8) is 0 Å². The van der Waals surface area contributed by atoms with Crippen LogP contribution in [0.15, 0.2) is 25.7 Å². The normalized spacial score (nSPS) is 24.7. The van der Waals surface area contributed by atoms with E-state index in [1.807, 2.05) is 0 Å². The summed E-state index contributed by atoms with van der Waals surface area (Å²) >= 11 is 0. The molecule has 0 bridgehead atoms. The molecule has 1 rings (SSSR count). The average Bonchev–Trinajstić information content (AvgIpc) is 2.24. The highest BCUT2D eigenvalue weighted by Gasteiger charge is 2.17. The van der Waals surface area contributed by atoms with Crippen LogP contribution in [-0.2, 0) is 4.74 Å². The zero-order chi connectivity index (χ0) is 11.5. The summed E-state index contributed by atoms with van der Waals surface area (Å²) in [7, 11) is 0. The molecule has 1 fully saturated rings. The number of aliphatic hydroxyl groups excluding tert-OH is 1. The molecular weight excluding hydrogens is 188 g/mol. The fourth-order valence-corrected chi connectivity index (χ4v) is 1.91. The molecule has 0 aromatic carbocycles. The number of hydrogen-bond acceptors (Lipinski definition) is 2. The highest BCUT2D eigenvalue weighted by molar-refractivity contribution is 4.70. The molecule has 0 aliphatic heterocycles. The Kier molecular flexibility index (Phi) is 9.29. The van der Waals surface area contributed by atoms with Crippen LogP contribution in [-0.4, -0.2) is 11.2 Å². The van der Waals surface area contributed by atoms with Gasteiger partial charge in [-0.05, 0) is 31.6 Å². The molecule has 1 aliphatic rings. The fourth-order valence-electron chi connectivity index (χ4n) is 1.91. The van der Waals surface area contributed by atoms with E-state index >= 15 is 0 Å². The van der Waals surface area contributed by atoms with Gasteiger partial charge in [-0.25, -0.2) is 0 Å². The van der Waals surface area contributed by atoms with Crippen molar-refractivity contribution in [1.82, 2.24) is 0 Å². The Balaban J connectivity index is 0.000000336. The summed E-state index contributed by atoms with van der Waals surface area (Å²) in [5.74, 6) is 0.924. The monoisotopic (exact) mass is 212 g/mol. The lowest BCUT2D eigenvalue weighted by atomic mass is 9.85. The van der Waals surface area contributed by atoms with E-state index in [0.29, 0.717) is 0 Å². The number of aliphatic hydroxyl groups is 1. The Morgan fingerprint density at radius 2 is 1.73 bits per heavy atom. The Bertz CT molecular complexity index is 152. The SMILES string of the molecule is C=COC=C.CCCC1CCC(O)CC1. The first-order valence-electron chi connectivity index (χ1n) is 5.79. The zero-order valence-electron chi connectivity index (χ0n) is 9.82. The molecule has 1 saturated carbocycles. The molecule has 0 saturated heterocycles. The largest absolute Gasteiger partial charge is 0.474 e. The van der Waals surface area contributed by atoms with E-state index in [4.69, 9.17) is 0 Å². The first-order chi connectivity index (χ1) is 7.24. The predicted molar refractivity (Wildman–Crippen MR) is 64.4 cm³/mol. The van der Waals surface area contributed by atoms with E-state index in [1.54, 1.807) is 0 Å². The highest BCUT2D eigenvalue weighted by atomic mass is 16.5. The summed E-state index contributed by atoms with van der Waals surface area (Å²) in [6, 6.07) is 0. The Hall–Kier alpha value is -0.760. The van der Waals surface area contributed by atoms with E-state index in [0.717, 1.165) is 18.8 Å². The van der Waals surface area contributed by atoms with Crippen LogP contribution in [0.25, 0.3) is 0 Å². The van der Waals surface area contributed by atoms with Crippen LogP contribution in [0.2, 0.25) is 0 Å². The maximum Gasteiger partial charge on any atom is 0.0829 e. The predicted octanol–water partition coefficient (Wildman–Crippen LogP) is 3.63. The molecule has 1 N–H and O–H groups in total. The summed E-state index contributed by atoms with van der Waals surface area (Å²) < 4.78 is 4.36. The van der Waals surface area contributed by atoms with Gasteiger partial charge in [-0.2, -0.15) is 0 Å². The second-order valence-electron chi connectivity index (χ2n) is 3.93. The van der Waals surface area contributed by atoms with Crippen LogP contribution >= 0.6 is 0 Å². The highest BCUT2D eigenvalue weighted by Crippen LogP contribution is 2.27. The van der Waals surface area contributed by atoms with Crippen molar-refractivity contribution < 1.29 is 9.84 Å². The van der Waals surface area contributed by atoms with E-state index in [9.17, 15) is 5.11 Å². The van der Waals surface area contributed by atoms with Gasteiger partial charge < -0.3 is 9.84 Å². The van der Waals surface area contributed by atoms with Crippen LogP contribution < -0.4 is 0 Å². The van der Waals surface area contributed by atoms with Crippen molar-refractivity contribution >= 4 is 0 Å².